The molecule has 1 atom stereocenters. The molecule has 3 nitrogen and oxygen atoms in total. The van der Waals surface area contributed by atoms with Crippen LogP contribution in [0.2, 0.25) is 0 Å². The van der Waals surface area contributed by atoms with Crippen LogP contribution in [-0.2, 0) is 11.2 Å². The molecule has 14 heavy (non-hydrogen) atoms. The lowest BCUT2D eigenvalue weighted by atomic mass is 10.1. The molecule has 0 aliphatic rings. The van der Waals surface area contributed by atoms with Gasteiger partial charge in [-0.3, -0.25) is 4.79 Å². The smallest absolute Gasteiger partial charge is 0.320 e. The van der Waals surface area contributed by atoms with E-state index in [4.69, 9.17) is 10.8 Å². The minimum atomic E-state index is -0.959. The quantitative estimate of drug-likeness (QED) is 0.838. The third kappa shape index (κ3) is 5.07. The van der Waals surface area contributed by atoms with Crippen LogP contribution in [0.25, 0.3) is 0 Å². The number of hydrogen-bond donors (Lipinski definition) is 2. The van der Waals surface area contributed by atoms with E-state index >= 15 is 0 Å². The topological polar surface area (TPSA) is 63.3 Å². The van der Waals surface area contributed by atoms with E-state index in [1.54, 1.807) is 0 Å². The molecule has 0 aliphatic heterocycles. The van der Waals surface area contributed by atoms with Crippen molar-refractivity contribution in [3.05, 3.63) is 35.9 Å². The third-order valence-electron chi connectivity index (χ3n) is 1.62. The van der Waals surface area contributed by atoms with E-state index in [0.717, 1.165) is 5.56 Å². The van der Waals surface area contributed by atoms with Crippen molar-refractivity contribution in [1.82, 2.24) is 0 Å². The minimum absolute atomic E-state index is 0. The van der Waals surface area contributed by atoms with Gasteiger partial charge in [0, 0.05) is 0 Å². The first-order chi connectivity index (χ1) is 5.70. The van der Waals surface area contributed by atoms with E-state index in [1.807, 2.05) is 30.3 Å². The normalized spacial score (nSPS) is 10.6. The van der Waals surface area contributed by atoms with Gasteiger partial charge in [0.15, 0.2) is 0 Å². The zero-order valence-electron chi connectivity index (χ0n) is 7.42. The standard InChI is InChI=1S/C9H11NO2.2ClH/c10-8(9(11)12)6-7-4-2-1-3-5-7;;/h1-5,8H,6,10H2,(H,11,12);2*1H. The SMILES string of the molecule is Cl.Cl.NC(Cc1ccccc1)C(=O)O. The van der Waals surface area contributed by atoms with Crippen LogP contribution in [0.1, 0.15) is 5.56 Å². The molecule has 0 saturated carbocycles. The fourth-order valence-corrected chi connectivity index (χ4v) is 0.955. The van der Waals surface area contributed by atoms with E-state index in [9.17, 15) is 4.79 Å². The van der Waals surface area contributed by atoms with Gasteiger partial charge in [0.25, 0.3) is 0 Å². The molecule has 0 bridgehead atoms. The number of hydrogen-bond acceptors (Lipinski definition) is 2. The molecule has 0 heterocycles. The highest BCUT2D eigenvalue weighted by molar-refractivity contribution is 5.85. The minimum Gasteiger partial charge on any atom is -0.480 e. The van der Waals surface area contributed by atoms with Crippen molar-refractivity contribution >= 4 is 30.8 Å². The number of rotatable bonds is 3. The van der Waals surface area contributed by atoms with Gasteiger partial charge in [0.1, 0.15) is 6.04 Å². The lowest BCUT2D eigenvalue weighted by molar-refractivity contribution is -0.138. The van der Waals surface area contributed by atoms with Crippen LogP contribution in [0, 0.1) is 0 Å². The van der Waals surface area contributed by atoms with Gasteiger partial charge in [-0.15, -0.1) is 24.8 Å². The Bertz CT molecular complexity index is 267. The highest BCUT2D eigenvalue weighted by atomic mass is 35.5. The summed E-state index contributed by atoms with van der Waals surface area (Å²) >= 11 is 0. The molecule has 0 radical (unpaired) electrons. The second-order valence-electron chi connectivity index (χ2n) is 2.63. The Balaban J connectivity index is 0. The molecule has 1 rings (SSSR count). The van der Waals surface area contributed by atoms with Crippen molar-refractivity contribution < 1.29 is 9.90 Å². The lowest BCUT2D eigenvalue weighted by Crippen LogP contribution is -2.32. The molecule has 5 heteroatoms. The van der Waals surface area contributed by atoms with Crippen LogP contribution in [0.15, 0.2) is 30.3 Å². The number of nitrogens with two attached hydrogens (primary N) is 1. The predicted molar refractivity (Wildman–Crippen MR) is 60.3 cm³/mol. The first-order valence-corrected chi connectivity index (χ1v) is 3.72. The first-order valence-electron chi connectivity index (χ1n) is 3.72. The van der Waals surface area contributed by atoms with Crippen LogP contribution >= 0.6 is 24.8 Å². The summed E-state index contributed by atoms with van der Waals surface area (Å²) in [5.41, 5.74) is 6.30. The summed E-state index contributed by atoms with van der Waals surface area (Å²) in [6.07, 6.45) is 0.385. The van der Waals surface area contributed by atoms with E-state index < -0.39 is 12.0 Å². The zero-order chi connectivity index (χ0) is 8.97. The van der Waals surface area contributed by atoms with Crippen molar-refractivity contribution in [3.63, 3.8) is 0 Å². The molecular weight excluding hydrogens is 225 g/mol. The Labute approximate surface area is 95.1 Å². The van der Waals surface area contributed by atoms with Gasteiger partial charge in [-0.2, -0.15) is 0 Å². The molecular formula is C9H13Cl2NO2. The third-order valence-corrected chi connectivity index (χ3v) is 1.62. The molecule has 0 fully saturated rings. The van der Waals surface area contributed by atoms with Crippen molar-refractivity contribution in [3.8, 4) is 0 Å². The molecule has 0 aliphatic carbocycles. The van der Waals surface area contributed by atoms with Crippen molar-refractivity contribution in [1.29, 1.82) is 0 Å². The second kappa shape index (κ2) is 7.62. The van der Waals surface area contributed by atoms with E-state index in [0.29, 0.717) is 6.42 Å². The molecule has 0 amide bonds. The highest BCUT2D eigenvalue weighted by Gasteiger charge is 2.10. The second-order valence-corrected chi connectivity index (χ2v) is 2.63. The van der Waals surface area contributed by atoms with Crippen molar-refractivity contribution in [2.75, 3.05) is 0 Å². The average Bonchev–Trinajstić information content (AvgIpc) is 2.06. The number of halogens is 2. The maximum absolute atomic E-state index is 10.4. The van der Waals surface area contributed by atoms with E-state index in [1.165, 1.54) is 0 Å². The average molecular weight is 238 g/mol. The summed E-state index contributed by atoms with van der Waals surface area (Å²) in [5, 5.41) is 8.52. The number of aliphatic carboxylic acids is 1. The van der Waals surface area contributed by atoms with Crippen molar-refractivity contribution in [2.24, 2.45) is 5.73 Å². The molecule has 0 aromatic heterocycles. The van der Waals surface area contributed by atoms with Gasteiger partial charge in [-0.05, 0) is 12.0 Å². The van der Waals surface area contributed by atoms with Crippen LogP contribution in [0.3, 0.4) is 0 Å². The van der Waals surface area contributed by atoms with Gasteiger partial charge in [-0.25, -0.2) is 0 Å². The fourth-order valence-electron chi connectivity index (χ4n) is 0.955. The largest absolute Gasteiger partial charge is 0.480 e. The predicted octanol–water partition coefficient (Wildman–Crippen LogP) is 1.48. The molecule has 0 spiro atoms. The Hall–Kier alpha value is -0.770. The van der Waals surface area contributed by atoms with Crippen LogP contribution in [0.5, 0.6) is 0 Å². The van der Waals surface area contributed by atoms with Crippen molar-refractivity contribution in [2.45, 2.75) is 12.5 Å². The summed E-state index contributed by atoms with van der Waals surface area (Å²) in [7, 11) is 0. The van der Waals surface area contributed by atoms with E-state index in [2.05, 4.69) is 0 Å². The Morgan fingerprint density at radius 3 is 2.21 bits per heavy atom. The maximum atomic E-state index is 10.4. The van der Waals surface area contributed by atoms with Gasteiger partial charge in [-0.1, -0.05) is 30.3 Å². The summed E-state index contributed by atoms with van der Waals surface area (Å²) in [5.74, 6) is -0.959. The van der Waals surface area contributed by atoms with Gasteiger partial charge >= 0.3 is 5.97 Å². The number of carboxylic acids is 1. The maximum Gasteiger partial charge on any atom is 0.320 e. The lowest BCUT2D eigenvalue weighted by Gasteiger charge is -2.04. The molecule has 0 saturated heterocycles. The van der Waals surface area contributed by atoms with Crippen LogP contribution in [-0.4, -0.2) is 17.1 Å². The number of benzene rings is 1. The van der Waals surface area contributed by atoms with Crippen LogP contribution in [0.4, 0.5) is 0 Å². The molecule has 3 N–H and O–H groups in total. The highest BCUT2D eigenvalue weighted by Crippen LogP contribution is 2.01. The zero-order valence-corrected chi connectivity index (χ0v) is 9.05. The van der Waals surface area contributed by atoms with E-state index in [-0.39, 0.29) is 24.8 Å². The molecule has 1 aromatic rings. The molecule has 1 unspecified atom stereocenters. The number of carboxylic acid groups (broad SMARTS) is 1. The Morgan fingerprint density at radius 1 is 1.29 bits per heavy atom. The van der Waals surface area contributed by atoms with Gasteiger partial charge in [0.05, 0.1) is 0 Å². The summed E-state index contributed by atoms with van der Waals surface area (Å²) in [6, 6.07) is 8.54. The first kappa shape index (κ1) is 15.7. The Kier molecular flexibility index (Phi) is 8.54. The summed E-state index contributed by atoms with van der Waals surface area (Å²) < 4.78 is 0. The molecule has 1 aromatic carbocycles. The van der Waals surface area contributed by atoms with Crippen LogP contribution < -0.4 is 5.73 Å². The summed E-state index contributed by atoms with van der Waals surface area (Å²) in [6.45, 7) is 0. The fraction of sp³-hybridized carbons (Fsp3) is 0.222. The van der Waals surface area contributed by atoms with Gasteiger partial charge in [0.2, 0.25) is 0 Å². The molecule has 80 valence electrons. The number of carbonyl (C=O) groups is 1. The Morgan fingerprint density at radius 2 is 1.79 bits per heavy atom. The summed E-state index contributed by atoms with van der Waals surface area (Å²) in [4.78, 5) is 10.4. The monoisotopic (exact) mass is 237 g/mol. The van der Waals surface area contributed by atoms with Gasteiger partial charge < -0.3 is 10.8 Å².